The maximum Gasteiger partial charge on any atom is 0.249 e. The summed E-state index contributed by atoms with van der Waals surface area (Å²) in [6.45, 7) is 4.69. The van der Waals surface area contributed by atoms with Gasteiger partial charge < -0.3 is 14.4 Å². The van der Waals surface area contributed by atoms with Crippen molar-refractivity contribution in [2.24, 2.45) is 0 Å². The summed E-state index contributed by atoms with van der Waals surface area (Å²) in [6, 6.07) is 9.49. The highest BCUT2D eigenvalue weighted by Gasteiger charge is 2.32. The Labute approximate surface area is 147 Å². The molecule has 6 heteroatoms. The molecule has 0 spiro atoms. The maximum absolute atomic E-state index is 12.2. The van der Waals surface area contributed by atoms with Gasteiger partial charge in [-0.05, 0) is 38.3 Å². The van der Waals surface area contributed by atoms with E-state index in [0.717, 1.165) is 29.8 Å². The fourth-order valence-electron chi connectivity index (χ4n) is 3.09. The molecule has 1 aliphatic rings. The quantitative estimate of drug-likeness (QED) is 0.835. The smallest absolute Gasteiger partial charge is 0.249 e. The van der Waals surface area contributed by atoms with E-state index < -0.39 is 0 Å². The predicted octanol–water partition coefficient (Wildman–Crippen LogP) is 3.20. The standard InChI is InChI=1S/C19H23N3O3/c1-13-7-4-5-9-16(13)25-17-11-14(2)20-19(21-17)15-8-6-10-22(15)18(23)12-24-3/h4-5,7,9,11,15H,6,8,10,12H2,1-3H3/t15-/m0/s1. The monoisotopic (exact) mass is 341 g/mol. The van der Waals surface area contributed by atoms with E-state index in [9.17, 15) is 4.79 Å². The molecule has 2 heterocycles. The Morgan fingerprint density at radius 2 is 2.08 bits per heavy atom. The molecule has 0 bridgehead atoms. The molecule has 2 aromatic rings. The summed E-state index contributed by atoms with van der Waals surface area (Å²) in [4.78, 5) is 23.2. The van der Waals surface area contributed by atoms with Crippen molar-refractivity contribution >= 4 is 5.91 Å². The first-order valence-electron chi connectivity index (χ1n) is 8.46. The van der Waals surface area contributed by atoms with E-state index >= 15 is 0 Å². The van der Waals surface area contributed by atoms with Crippen LogP contribution in [0.25, 0.3) is 0 Å². The van der Waals surface area contributed by atoms with Gasteiger partial charge in [-0.15, -0.1) is 0 Å². The van der Waals surface area contributed by atoms with Crippen molar-refractivity contribution < 1.29 is 14.3 Å². The van der Waals surface area contributed by atoms with Crippen molar-refractivity contribution in [1.82, 2.24) is 14.9 Å². The molecule has 1 aromatic carbocycles. The number of hydrogen-bond donors (Lipinski definition) is 0. The van der Waals surface area contributed by atoms with Gasteiger partial charge in [0.05, 0.1) is 6.04 Å². The first-order chi connectivity index (χ1) is 12.1. The van der Waals surface area contributed by atoms with Crippen LogP contribution in [-0.2, 0) is 9.53 Å². The first-order valence-corrected chi connectivity index (χ1v) is 8.46. The van der Waals surface area contributed by atoms with Crippen molar-refractivity contribution in [3.8, 4) is 11.6 Å². The molecule has 1 aliphatic heterocycles. The van der Waals surface area contributed by atoms with Gasteiger partial charge in [0.15, 0.2) is 5.82 Å². The van der Waals surface area contributed by atoms with Crippen LogP contribution in [0, 0.1) is 13.8 Å². The van der Waals surface area contributed by atoms with Crippen molar-refractivity contribution in [3.63, 3.8) is 0 Å². The van der Waals surface area contributed by atoms with Crippen LogP contribution in [0.4, 0.5) is 0 Å². The van der Waals surface area contributed by atoms with Crippen LogP contribution < -0.4 is 4.74 Å². The molecule has 1 amide bonds. The number of nitrogens with zero attached hydrogens (tertiary/aromatic N) is 3. The Kier molecular flexibility index (Phi) is 5.28. The van der Waals surface area contributed by atoms with Crippen LogP contribution in [0.5, 0.6) is 11.6 Å². The fraction of sp³-hybridized carbons (Fsp3) is 0.421. The Bertz CT molecular complexity index is 763. The second kappa shape index (κ2) is 7.61. The average Bonchev–Trinajstić information content (AvgIpc) is 3.06. The summed E-state index contributed by atoms with van der Waals surface area (Å²) >= 11 is 0. The topological polar surface area (TPSA) is 64.5 Å². The van der Waals surface area contributed by atoms with Crippen LogP contribution in [0.2, 0.25) is 0 Å². The fourth-order valence-corrected chi connectivity index (χ4v) is 3.09. The Morgan fingerprint density at radius 3 is 2.84 bits per heavy atom. The van der Waals surface area contributed by atoms with Gasteiger partial charge >= 0.3 is 0 Å². The normalized spacial score (nSPS) is 16.9. The van der Waals surface area contributed by atoms with E-state index in [1.54, 1.807) is 4.90 Å². The molecule has 1 fully saturated rings. The number of ether oxygens (including phenoxy) is 2. The zero-order chi connectivity index (χ0) is 17.8. The number of para-hydroxylation sites is 1. The van der Waals surface area contributed by atoms with E-state index in [1.165, 1.54) is 7.11 Å². The molecule has 1 saturated heterocycles. The van der Waals surface area contributed by atoms with Gasteiger partial charge in [-0.1, -0.05) is 18.2 Å². The van der Waals surface area contributed by atoms with Gasteiger partial charge in [-0.25, -0.2) is 4.98 Å². The molecule has 1 aromatic heterocycles. The summed E-state index contributed by atoms with van der Waals surface area (Å²) in [5.41, 5.74) is 1.86. The number of carbonyl (C=O) groups is 1. The van der Waals surface area contributed by atoms with Gasteiger partial charge in [-0.2, -0.15) is 4.98 Å². The summed E-state index contributed by atoms with van der Waals surface area (Å²) < 4.78 is 10.9. The minimum Gasteiger partial charge on any atom is -0.439 e. The third-order valence-electron chi connectivity index (χ3n) is 4.30. The number of methoxy groups -OCH3 is 1. The van der Waals surface area contributed by atoms with Gasteiger partial charge in [-0.3, -0.25) is 4.79 Å². The van der Waals surface area contributed by atoms with Gasteiger partial charge in [0, 0.05) is 25.4 Å². The zero-order valence-corrected chi connectivity index (χ0v) is 14.9. The highest BCUT2D eigenvalue weighted by atomic mass is 16.5. The van der Waals surface area contributed by atoms with Gasteiger partial charge in [0.25, 0.3) is 0 Å². The van der Waals surface area contributed by atoms with Gasteiger partial charge in [0.1, 0.15) is 12.4 Å². The van der Waals surface area contributed by atoms with E-state index in [-0.39, 0.29) is 18.6 Å². The van der Waals surface area contributed by atoms with E-state index in [0.29, 0.717) is 18.2 Å². The average molecular weight is 341 g/mol. The van der Waals surface area contributed by atoms with Crippen molar-refractivity contribution in [2.45, 2.75) is 32.7 Å². The number of hydrogen-bond acceptors (Lipinski definition) is 5. The number of likely N-dealkylation sites (tertiary alicyclic amines) is 1. The molecule has 0 saturated carbocycles. The predicted molar refractivity (Wildman–Crippen MR) is 93.6 cm³/mol. The Morgan fingerprint density at radius 1 is 1.28 bits per heavy atom. The van der Waals surface area contributed by atoms with E-state index in [4.69, 9.17) is 9.47 Å². The lowest BCUT2D eigenvalue weighted by molar-refractivity contribution is -0.136. The molecule has 0 unspecified atom stereocenters. The van der Waals surface area contributed by atoms with Crippen molar-refractivity contribution in [1.29, 1.82) is 0 Å². The van der Waals surface area contributed by atoms with E-state index in [2.05, 4.69) is 9.97 Å². The minimum absolute atomic E-state index is 0.0310. The highest BCUT2D eigenvalue weighted by Crippen LogP contribution is 2.32. The molecular formula is C19H23N3O3. The number of aryl methyl sites for hydroxylation is 2. The number of benzene rings is 1. The third-order valence-corrected chi connectivity index (χ3v) is 4.30. The highest BCUT2D eigenvalue weighted by molar-refractivity contribution is 5.78. The van der Waals surface area contributed by atoms with Crippen molar-refractivity contribution in [3.05, 3.63) is 47.4 Å². The number of amides is 1. The number of aromatic nitrogens is 2. The summed E-state index contributed by atoms with van der Waals surface area (Å²) in [6.07, 6.45) is 1.79. The Balaban J connectivity index is 1.86. The third kappa shape index (κ3) is 3.96. The molecule has 25 heavy (non-hydrogen) atoms. The van der Waals surface area contributed by atoms with Crippen LogP contribution >= 0.6 is 0 Å². The molecule has 1 atom stereocenters. The molecule has 6 nitrogen and oxygen atoms in total. The minimum atomic E-state index is -0.123. The summed E-state index contributed by atoms with van der Waals surface area (Å²) in [5.74, 6) is 1.87. The van der Waals surface area contributed by atoms with Crippen LogP contribution in [-0.4, -0.2) is 41.0 Å². The van der Waals surface area contributed by atoms with Crippen molar-refractivity contribution in [2.75, 3.05) is 20.3 Å². The van der Waals surface area contributed by atoms with Crippen LogP contribution in [0.15, 0.2) is 30.3 Å². The molecule has 0 radical (unpaired) electrons. The largest absolute Gasteiger partial charge is 0.439 e. The second-order valence-electron chi connectivity index (χ2n) is 6.25. The SMILES string of the molecule is COCC(=O)N1CCC[C@H]1c1nc(C)cc(Oc2ccccc2C)n1. The lowest BCUT2D eigenvalue weighted by atomic mass is 10.2. The number of carbonyl (C=O) groups excluding carboxylic acids is 1. The molecule has 0 N–H and O–H groups in total. The number of rotatable bonds is 5. The van der Waals surface area contributed by atoms with Gasteiger partial charge in [0.2, 0.25) is 11.8 Å². The molecule has 132 valence electrons. The molecule has 0 aliphatic carbocycles. The van der Waals surface area contributed by atoms with E-state index in [1.807, 2.05) is 44.2 Å². The summed E-state index contributed by atoms with van der Waals surface area (Å²) in [7, 11) is 1.53. The lowest BCUT2D eigenvalue weighted by Crippen LogP contribution is -2.34. The van der Waals surface area contributed by atoms with Crippen LogP contribution in [0.1, 0.15) is 36.0 Å². The second-order valence-corrected chi connectivity index (χ2v) is 6.25. The van der Waals surface area contributed by atoms with Crippen LogP contribution in [0.3, 0.4) is 0 Å². The zero-order valence-electron chi connectivity index (χ0n) is 14.9. The Hall–Kier alpha value is -2.47. The molecular weight excluding hydrogens is 318 g/mol. The first kappa shape index (κ1) is 17.4. The molecule has 3 rings (SSSR count). The lowest BCUT2D eigenvalue weighted by Gasteiger charge is -2.23. The summed E-state index contributed by atoms with van der Waals surface area (Å²) in [5, 5.41) is 0. The maximum atomic E-state index is 12.2.